The van der Waals surface area contributed by atoms with Crippen LogP contribution in [0.15, 0.2) is 10.6 Å². The number of hydrogen-bond acceptors (Lipinski definition) is 5. The van der Waals surface area contributed by atoms with E-state index >= 15 is 0 Å². The first kappa shape index (κ1) is 10.0. The Morgan fingerprint density at radius 3 is 2.80 bits per heavy atom. The molecule has 0 saturated heterocycles. The van der Waals surface area contributed by atoms with E-state index in [1.54, 1.807) is 0 Å². The van der Waals surface area contributed by atoms with E-state index in [0.717, 1.165) is 23.4 Å². The molecule has 6 heteroatoms. The maximum Gasteiger partial charge on any atom is 0.264 e. The van der Waals surface area contributed by atoms with Gasteiger partial charge in [0, 0.05) is 0 Å². The first-order valence-corrected chi connectivity index (χ1v) is 4.91. The quantitative estimate of drug-likeness (QED) is 0.781. The van der Waals surface area contributed by atoms with E-state index in [2.05, 4.69) is 20.3 Å². The van der Waals surface area contributed by atoms with Crippen molar-refractivity contribution in [3.63, 3.8) is 0 Å². The van der Waals surface area contributed by atoms with Gasteiger partial charge in [0.2, 0.25) is 0 Å². The standard InChI is InChI=1S/C9H9ClN4O/c1-3-7-6(4-5(2)12-13-7)8-11-9(10)14-15-8/h4H,3H2,1-2H3. The number of halogens is 1. The van der Waals surface area contributed by atoms with Crippen LogP contribution in [0.5, 0.6) is 0 Å². The highest BCUT2D eigenvalue weighted by Gasteiger charge is 2.13. The average Bonchev–Trinajstić information content (AvgIpc) is 2.65. The van der Waals surface area contributed by atoms with E-state index in [1.807, 2.05) is 19.9 Å². The lowest BCUT2D eigenvalue weighted by Crippen LogP contribution is -1.97. The van der Waals surface area contributed by atoms with Crippen molar-refractivity contribution < 1.29 is 4.52 Å². The Morgan fingerprint density at radius 1 is 1.40 bits per heavy atom. The molecular formula is C9H9ClN4O. The normalized spacial score (nSPS) is 10.6. The van der Waals surface area contributed by atoms with Gasteiger partial charge in [-0.2, -0.15) is 15.2 Å². The molecule has 0 aliphatic rings. The number of nitrogens with zero attached hydrogens (tertiary/aromatic N) is 4. The lowest BCUT2D eigenvalue weighted by molar-refractivity contribution is 0.429. The summed E-state index contributed by atoms with van der Waals surface area (Å²) in [6, 6.07) is 1.86. The molecule has 0 radical (unpaired) electrons. The summed E-state index contributed by atoms with van der Waals surface area (Å²) in [7, 11) is 0. The molecule has 0 aliphatic heterocycles. The lowest BCUT2D eigenvalue weighted by atomic mass is 10.1. The predicted octanol–water partition coefficient (Wildman–Crippen LogP) is 2.05. The zero-order valence-electron chi connectivity index (χ0n) is 8.36. The van der Waals surface area contributed by atoms with Crippen LogP contribution < -0.4 is 0 Å². The Hall–Kier alpha value is -1.49. The molecule has 0 spiro atoms. The van der Waals surface area contributed by atoms with Crippen LogP contribution in [0.3, 0.4) is 0 Å². The van der Waals surface area contributed by atoms with Gasteiger partial charge in [-0.25, -0.2) is 0 Å². The highest BCUT2D eigenvalue weighted by molar-refractivity contribution is 6.28. The van der Waals surface area contributed by atoms with Crippen molar-refractivity contribution in [2.75, 3.05) is 0 Å². The second-order valence-corrected chi connectivity index (χ2v) is 3.41. The van der Waals surface area contributed by atoms with Gasteiger partial charge in [0.25, 0.3) is 11.2 Å². The molecule has 0 aliphatic carbocycles. The molecule has 2 heterocycles. The Balaban J connectivity index is 2.55. The Morgan fingerprint density at radius 2 is 2.20 bits per heavy atom. The van der Waals surface area contributed by atoms with Crippen LogP contribution in [0, 0.1) is 6.92 Å². The summed E-state index contributed by atoms with van der Waals surface area (Å²) < 4.78 is 4.99. The van der Waals surface area contributed by atoms with E-state index in [1.165, 1.54) is 0 Å². The van der Waals surface area contributed by atoms with Gasteiger partial charge in [0.1, 0.15) is 0 Å². The van der Waals surface area contributed by atoms with E-state index in [-0.39, 0.29) is 5.28 Å². The molecule has 2 aromatic rings. The third kappa shape index (κ3) is 1.97. The summed E-state index contributed by atoms with van der Waals surface area (Å²) in [6.45, 7) is 3.84. The van der Waals surface area contributed by atoms with Gasteiger partial charge in [-0.1, -0.05) is 6.92 Å². The molecule has 2 aromatic heterocycles. The molecule has 0 aromatic carbocycles. The largest absolute Gasteiger partial charge is 0.333 e. The van der Waals surface area contributed by atoms with Crippen molar-refractivity contribution in [3.8, 4) is 11.5 Å². The molecule has 0 saturated carbocycles. The molecule has 0 bridgehead atoms. The fourth-order valence-electron chi connectivity index (χ4n) is 1.28. The molecule has 5 nitrogen and oxygen atoms in total. The number of hydrogen-bond donors (Lipinski definition) is 0. The number of aryl methyl sites for hydroxylation is 2. The lowest BCUT2D eigenvalue weighted by Gasteiger charge is -2.01. The highest BCUT2D eigenvalue weighted by Crippen LogP contribution is 2.22. The van der Waals surface area contributed by atoms with Gasteiger partial charge in [-0.05, 0) is 36.2 Å². The number of aromatic nitrogens is 4. The second-order valence-electron chi connectivity index (χ2n) is 3.07. The highest BCUT2D eigenvalue weighted by atomic mass is 35.5. The van der Waals surface area contributed by atoms with Crippen molar-refractivity contribution >= 4 is 11.6 Å². The van der Waals surface area contributed by atoms with Crippen molar-refractivity contribution in [2.45, 2.75) is 20.3 Å². The smallest absolute Gasteiger partial charge is 0.264 e. The third-order valence-corrected chi connectivity index (χ3v) is 2.11. The van der Waals surface area contributed by atoms with Crippen LogP contribution >= 0.6 is 11.6 Å². The summed E-state index contributed by atoms with van der Waals surface area (Å²) in [5.74, 6) is 0.384. The molecule has 0 N–H and O–H groups in total. The molecule has 0 unspecified atom stereocenters. The van der Waals surface area contributed by atoms with E-state index in [4.69, 9.17) is 16.1 Å². The van der Waals surface area contributed by atoms with Crippen molar-refractivity contribution in [1.29, 1.82) is 0 Å². The topological polar surface area (TPSA) is 64.7 Å². The summed E-state index contributed by atoms with van der Waals surface area (Å²) in [4.78, 5) is 3.95. The first-order chi connectivity index (χ1) is 7.20. The van der Waals surface area contributed by atoms with Crippen molar-refractivity contribution in [3.05, 3.63) is 22.7 Å². The van der Waals surface area contributed by atoms with Gasteiger partial charge >= 0.3 is 0 Å². The minimum Gasteiger partial charge on any atom is -0.333 e. The fraction of sp³-hybridized carbons (Fsp3) is 0.333. The zero-order chi connectivity index (χ0) is 10.8. The van der Waals surface area contributed by atoms with E-state index < -0.39 is 0 Å². The minimum absolute atomic E-state index is 0.0986. The maximum absolute atomic E-state index is 5.59. The van der Waals surface area contributed by atoms with Gasteiger partial charge in [0.05, 0.1) is 17.0 Å². The molecule has 2 rings (SSSR count). The summed E-state index contributed by atoms with van der Waals surface area (Å²) >= 11 is 5.59. The molecule has 15 heavy (non-hydrogen) atoms. The van der Waals surface area contributed by atoms with E-state index in [9.17, 15) is 0 Å². The van der Waals surface area contributed by atoms with Gasteiger partial charge < -0.3 is 4.52 Å². The minimum atomic E-state index is 0.0986. The van der Waals surface area contributed by atoms with E-state index in [0.29, 0.717) is 5.89 Å². The van der Waals surface area contributed by atoms with Crippen LogP contribution in [0.1, 0.15) is 18.3 Å². The second kappa shape index (κ2) is 3.94. The van der Waals surface area contributed by atoms with Gasteiger partial charge in [-0.3, -0.25) is 0 Å². The fourth-order valence-corrected chi connectivity index (χ4v) is 1.39. The van der Waals surface area contributed by atoms with Crippen LogP contribution in [-0.2, 0) is 6.42 Å². The summed E-state index contributed by atoms with van der Waals surface area (Å²) in [5, 5.41) is 11.7. The maximum atomic E-state index is 5.59. The molecule has 0 atom stereocenters. The van der Waals surface area contributed by atoms with Gasteiger partial charge in [-0.15, -0.1) is 0 Å². The Labute approximate surface area is 91.5 Å². The van der Waals surface area contributed by atoms with Crippen LogP contribution in [0.25, 0.3) is 11.5 Å². The Bertz CT molecular complexity index is 483. The van der Waals surface area contributed by atoms with Crippen LogP contribution in [-0.4, -0.2) is 20.3 Å². The SMILES string of the molecule is CCc1nnc(C)cc1-c1nc(Cl)no1. The zero-order valence-corrected chi connectivity index (χ0v) is 9.12. The summed E-state index contributed by atoms with van der Waals surface area (Å²) in [5.41, 5.74) is 2.42. The molecule has 0 fully saturated rings. The molecular weight excluding hydrogens is 216 g/mol. The van der Waals surface area contributed by atoms with Crippen molar-refractivity contribution in [2.24, 2.45) is 0 Å². The van der Waals surface area contributed by atoms with Crippen LogP contribution in [0.2, 0.25) is 5.28 Å². The van der Waals surface area contributed by atoms with Gasteiger partial charge in [0.15, 0.2) is 0 Å². The molecule has 78 valence electrons. The summed E-state index contributed by atoms with van der Waals surface area (Å²) in [6.07, 6.45) is 0.753. The molecule has 0 amide bonds. The third-order valence-electron chi connectivity index (χ3n) is 1.96. The first-order valence-electron chi connectivity index (χ1n) is 4.53. The average molecular weight is 225 g/mol. The Kier molecular flexibility index (Phi) is 2.64. The van der Waals surface area contributed by atoms with Crippen LogP contribution in [0.4, 0.5) is 0 Å². The number of rotatable bonds is 2. The predicted molar refractivity (Wildman–Crippen MR) is 54.4 cm³/mol. The van der Waals surface area contributed by atoms with Crippen molar-refractivity contribution in [1.82, 2.24) is 20.3 Å². The monoisotopic (exact) mass is 224 g/mol.